The van der Waals surface area contributed by atoms with E-state index in [-0.39, 0.29) is 0 Å². The molecule has 0 aliphatic carbocycles. The summed E-state index contributed by atoms with van der Waals surface area (Å²) in [6, 6.07) is 0. The lowest BCUT2D eigenvalue weighted by Gasteiger charge is -2.01. The van der Waals surface area contributed by atoms with Crippen LogP contribution in [0, 0.1) is 0 Å². The van der Waals surface area contributed by atoms with Crippen molar-refractivity contribution in [2.75, 3.05) is 11.5 Å². The minimum atomic E-state index is 1.14. The Hall–Kier alpha value is -0.440. The van der Waals surface area contributed by atoms with E-state index in [9.17, 15) is 0 Å². The highest BCUT2D eigenvalue weighted by atomic mass is 32.2. The van der Waals surface area contributed by atoms with E-state index in [1.54, 1.807) is 0 Å². The van der Waals surface area contributed by atoms with E-state index in [1.807, 2.05) is 0 Å². The molecule has 17 heavy (non-hydrogen) atoms. The third-order valence-electron chi connectivity index (χ3n) is 2.96. The molecule has 1 rings (SSSR count). The molecule has 0 aliphatic rings. The van der Waals surface area contributed by atoms with Gasteiger partial charge in [0.1, 0.15) is 12.4 Å². The van der Waals surface area contributed by atoms with Gasteiger partial charge in [-0.2, -0.15) is 11.8 Å². The minimum absolute atomic E-state index is 1.14. The number of aryl methyl sites for hydroxylation is 2. The molecule has 0 fully saturated rings. The standard InChI is InChI=1S/C14H27N2S/c1-3-4-5-6-7-8-12-17-13-11-16-10-9-15(2)14-16/h9-10,14H,3-8,11-13H2,1-2H3/q+1. The summed E-state index contributed by atoms with van der Waals surface area (Å²) in [5.41, 5.74) is 0. The van der Waals surface area contributed by atoms with Crippen LogP contribution in [0.5, 0.6) is 0 Å². The number of hydrogen-bond donors (Lipinski definition) is 0. The molecule has 1 aromatic rings. The number of rotatable bonds is 10. The molecular weight excluding hydrogens is 228 g/mol. The van der Waals surface area contributed by atoms with Crippen LogP contribution in [0.25, 0.3) is 0 Å². The van der Waals surface area contributed by atoms with Crippen LogP contribution in [0.15, 0.2) is 18.7 Å². The van der Waals surface area contributed by atoms with Crippen molar-refractivity contribution in [3.8, 4) is 0 Å². The zero-order chi connectivity index (χ0) is 12.3. The molecule has 0 aliphatic heterocycles. The Kier molecular flexibility index (Phi) is 8.24. The van der Waals surface area contributed by atoms with Crippen molar-refractivity contribution in [2.45, 2.75) is 52.0 Å². The van der Waals surface area contributed by atoms with Gasteiger partial charge in [-0.05, 0) is 12.2 Å². The molecule has 1 aromatic heterocycles. The molecule has 2 nitrogen and oxygen atoms in total. The van der Waals surface area contributed by atoms with E-state index in [4.69, 9.17) is 0 Å². The molecule has 98 valence electrons. The normalized spacial score (nSPS) is 10.9. The van der Waals surface area contributed by atoms with E-state index in [0.717, 1.165) is 6.54 Å². The average molecular weight is 255 g/mol. The largest absolute Gasteiger partial charge is 0.243 e. The highest BCUT2D eigenvalue weighted by Crippen LogP contribution is 2.09. The van der Waals surface area contributed by atoms with Crippen LogP contribution in [-0.2, 0) is 13.6 Å². The first-order chi connectivity index (χ1) is 8.33. The van der Waals surface area contributed by atoms with Gasteiger partial charge in [-0.1, -0.05) is 39.0 Å². The Morgan fingerprint density at radius 2 is 1.82 bits per heavy atom. The molecule has 1 heterocycles. The van der Waals surface area contributed by atoms with Gasteiger partial charge in [-0.3, -0.25) is 0 Å². The molecule has 0 spiro atoms. The number of imidazole rings is 1. The number of nitrogens with zero attached hydrogens (tertiary/aromatic N) is 2. The Bertz CT molecular complexity index is 284. The third-order valence-corrected chi connectivity index (χ3v) is 4.01. The van der Waals surface area contributed by atoms with Gasteiger partial charge in [0, 0.05) is 5.75 Å². The Labute approximate surface area is 110 Å². The average Bonchev–Trinajstić information content (AvgIpc) is 2.73. The lowest BCUT2D eigenvalue weighted by atomic mass is 10.1. The lowest BCUT2D eigenvalue weighted by Crippen LogP contribution is -2.23. The Balaban J connectivity index is 1.84. The van der Waals surface area contributed by atoms with Gasteiger partial charge in [-0.15, -0.1) is 0 Å². The molecule has 0 saturated heterocycles. The zero-order valence-electron chi connectivity index (χ0n) is 11.4. The molecule has 0 amide bonds. The van der Waals surface area contributed by atoms with Crippen LogP contribution < -0.4 is 4.57 Å². The fraction of sp³-hybridized carbons (Fsp3) is 0.786. The number of thioether (sulfide) groups is 1. The van der Waals surface area contributed by atoms with E-state index < -0.39 is 0 Å². The molecule has 0 aromatic carbocycles. The monoisotopic (exact) mass is 255 g/mol. The van der Waals surface area contributed by atoms with E-state index >= 15 is 0 Å². The molecule has 0 saturated carbocycles. The van der Waals surface area contributed by atoms with E-state index in [0.29, 0.717) is 0 Å². The summed E-state index contributed by atoms with van der Waals surface area (Å²) in [5.74, 6) is 2.57. The summed E-state index contributed by atoms with van der Waals surface area (Å²) in [7, 11) is 2.07. The maximum atomic E-state index is 2.27. The SMILES string of the molecule is CCCCCCCCSCCn1cc[n+](C)c1. The number of hydrogen-bond acceptors (Lipinski definition) is 1. The molecule has 0 radical (unpaired) electrons. The summed E-state index contributed by atoms with van der Waals surface area (Å²) in [6.07, 6.45) is 14.8. The summed E-state index contributed by atoms with van der Waals surface area (Å²) >= 11 is 2.09. The number of unbranched alkanes of at least 4 members (excludes halogenated alkanes) is 5. The van der Waals surface area contributed by atoms with Crippen LogP contribution in [0.3, 0.4) is 0 Å². The van der Waals surface area contributed by atoms with Gasteiger partial charge >= 0.3 is 0 Å². The molecule has 0 N–H and O–H groups in total. The van der Waals surface area contributed by atoms with Crippen LogP contribution >= 0.6 is 11.8 Å². The molecular formula is C14H27N2S+. The fourth-order valence-corrected chi connectivity index (χ4v) is 2.84. The summed E-state index contributed by atoms with van der Waals surface area (Å²) < 4.78 is 4.35. The highest BCUT2D eigenvalue weighted by Gasteiger charge is 1.99. The zero-order valence-corrected chi connectivity index (χ0v) is 12.2. The first-order valence-electron chi connectivity index (χ1n) is 6.91. The van der Waals surface area contributed by atoms with Gasteiger partial charge in [0.2, 0.25) is 6.33 Å². The summed E-state index contributed by atoms with van der Waals surface area (Å²) in [5, 5.41) is 0. The fourth-order valence-electron chi connectivity index (χ4n) is 1.89. The van der Waals surface area contributed by atoms with Crippen LogP contribution in [0.2, 0.25) is 0 Å². The Morgan fingerprint density at radius 1 is 1.06 bits per heavy atom. The van der Waals surface area contributed by atoms with Crippen molar-refractivity contribution >= 4 is 11.8 Å². The first-order valence-corrected chi connectivity index (χ1v) is 8.07. The van der Waals surface area contributed by atoms with Gasteiger partial charge in [0.05, 0.1) is 13.6 Å². The predicted octanol–water partition coefficient (Wildman–Crippen LogP) is 3.41. The smallest absolute Gasteiger partial charge is 0.240 e. The second-order valence-corrected chi connectivity index (χ2v) is 5.92. The van der Waals surface area contributed by atoms with E-state index in [1.165, 1.54) is 50.0 Å². The quantitative estimate of drug-likeness (QED) is 0.460. The van der Waals surface area contributed by atoms with Gasteiger partial charge in [0.25, 0.3) is 0 Å². The molecule has 0 bridgehead atoms. The predicted molar refractivity (Wildman–Crippen MR) is 76.3 cm³/mol. The summed E-state index contributed by atoms with van der Waals surface area (Å²) in [6.45, 7) is 3.42. The van der Waals surface area contributed by atoms with Crippen molar-refractivity contribution in [1.29, 1.82) is 0 Å². The van der Waals surface area contributed by atoms with Crippen LogP contribution in [-0.4, -0.2) is 16.1 Å². The van der Waals surface area contributed by atoms with Crippen molar-refractivity contribution in [3.63, 3.8) is 0 Å². The van der Waals surface area contributed by atoms with Gasteiger partial charge in [0.15, 0.2) is 0 Å². The maximum Gasteiger partial charge on any atom is 0.243 e. The van der Waals surface area contributed by atoms with Crippen molar-refractivity contribution in [1.82, 2.24) is 4.57 Å². The maximum absolute atomic E-state index is 2.27. The second-order valence-electron chi connectivity index (χ2n) is 4.70. The minimum Gasteiger partial charge on any atom is -0.240 e. The van der Waals surface area contributed by atoms with E-state index in [2.05, 4.69) is 53.6 Å². The first kappa shape index (κ1) is 14.6. The lowest BCUT2D eigenvalue weighted by molar-refractivity contribution is -0.671. The van der Waals surface area contributed by atoms with Crippen molar-refractivity contribution in [2.24, 2.45) is 7.05 Å². The Morgan fingerprint density at radius 3 is 2.53 bits per heavy atom. The number of aromatic nitrogens is 2. The summed E-state index contributed by atoms with van der Waals surface area (Å²) in [4.78, 5) is 0. The van der Waals surface area contributed by atoms with Crippen LogP contribution in [0.1, 0.15) is 45.4 Å². The van der Waals surface area contributed by atoms with Crippen molar-refractivity contribution in [3.05, 3.63) is 18.7 Å². The second kappa shape index (κ2) is 9.58. The molecule has 0 atom stereocenters. The molecule has 0 unspecified atom stereocenters. The molecule has 3 heteroatoms. The van der Waals surface area contributed by atoms with Gasteiger partial charge < -0.3 is 0 Å². The topological polar surface area (TPSA) is 8.81 Å². The van der Waals surface area contributed by atoms with Crippen molar-refractivity contribution < 1.29 is 4.57 Å². The van der Waals surface area contributed by atoms with Crippen LogP contribution in [0.4, 0.5) is 0 Å². The highest BCUT2D eigenvalue weighted by molar-refractivity contribution is 7.99. The van der Waals surface area contributed by atoms with Gasteiger partial charge in [-0.25, -0.2) is 9.13 Å². The third kappa shape index (κ3) is 7.48.